The van der Waals surface area contributed by atoms with Crippen LogP contribution >= 0.6 is 0 Å². The minimum atomic E-state index is 0.174. The highest BCUT2D eigenvalue weighted by molar-refractivity contribution is 5.78. The zero-order valence-corrected chi connectivity index (χ0v) is 13.0. The first-order valence-electron chi connectivity index (χ1n) is 7.78. The number of nitrogens with one attached hydrogen (secondary N) is 2. The van der Waals surface area contributed by atoms with Crippen molar-refractivity contribution in [3.8, 4) is 0 Å². The summed E-state index contributed by atoms with van der Waals surface area (Å²) in [5, 5.41) is 6.50. The van der Waals surface area contributed by atoms with Crippen LogP contribution in [0.2, 0.25) is 0 Å². The fraction of sp³-hybridized carbons (Fsp3) is 0.933. The van der Waals surface area contributed by atoms with Gasteiger partial charge in [0.25, 0.3) is 0 Å². The van der Waals surface area contributed by atoms with Crippen molar-refractivity contribution >= 4 is 5.91 Å². The molecule has 2 N–H and O–H groups in total. The van der Waals surface area contributed by atoms with Crippen LogP contribution in [0.4, 0.5) is 0 Å². The number of carbonyl (C=O) groups is 1. The third kappa shape index (κ3) is 5.91. The van der Waals surface area contributed by atoms with Crippen molar-refractivity contribution in [3.05, 3.63) is 0 Å². The van der Waals surface area contributed by atoms with Gasteiger partial charge in [-0.05, 0) is 51.7 Å². The van der Waals surface area contributed by atoms with Gasteiger partial charge in [0.05, 0.1) is 6.54 Å². The van der Waals surface area contributed by atoms with Gasteiger partial charge in [0.15, 0.2) is 0 Å². The van der Waals surface area contributed by atoms with Gasteiger partial charge in [0, 0.05) is 12.1 Å². The van der Waals surface area contributed by atoms with E-state index in [-0.39, 0.29) is 11.9 Å². The molecule has 1 rings (SSSR count). The van der Waals surface area contributed by atoms with Crippen molar-refractivity contribution in [2.24, 2.45) is 5.92 Å². The second kappa shape index (κ2) is 8.54. The Kier molecular flexibility index (Phi) is 7.39. The third-order valence-corrected chi connectivity index (χ3v) is 4.07. The molecule has 1 amide bonds. The van der Waals surface area contributed by atoms with Crippen molar-refractivity contribution in [3.63, 3.8) is 0 Å². The lowest BCUT2D eigenvalue weighted by Gasteiger charge is -2.34. The molecular formula is C15H31N3O. The molecule has 0 aromatic carbocycles. The Morgan fingerprint density at radius 3 is 2.47 bits per heavy atom. The van der Waals surface area contributed by atoms with E-state index in [1.54, 1.807) is 0 Å². The van der Waals surface area contributed by atoms with Gasteiger partial charge in [0.1, 0.15) is 0 Å². The predicted molar refractivity (Wildman–Crippen MR) is 80.2 cm³/mol. The van der Waals surface area contributed by atoms with Crippen LogP contribution in [0.25, 0.3) is 0 Å². The molecule has 4 nitrogen and oxygen atoms in total. The van der Waals surface area contributed by atoms with Crippen molar-refractivity contribution in [1.82, 2.24) is 15.5 Å². The third-order valence-electron chi connectivity index (χ3n) is 4.07. The van der Waals surface area contributed by atoms with Gasteiger partial charge < -0.3 is 10.6 Å². The van der Waals surface area contributed by atoms with E-state index in [0.717, 1.165) is 38.9 Å². The first kappa shape index (κ1) is 16.4. The highest BCUT2D eigenvalue weighted by Gasteiger charge is 2.22. The Hall–Kier alpha value is -0.610. The average Bonchev–Trinajstić information content (AvgIpc) is 2.39. The first-order valence-corrected chi connectivity index (χ1v) is 7.78. The molecule has 0 aromatic heterocycles. The molecule has 0 aliphatic carbocycles. The van der Waals surface area contributed by atoms with Crippen LogP contribution in [0, 0.1) is 5.92 Å². The van der Waals surface area contributed by atoms with Gasteiger partial charge in [-0.1, -0.05) is 20.8 Å². The molecule has 1 aliphatic heterocycles. The molecule has 1 unspecified atom stereocenters. The van der Waals surface area contributed by atoms with Crippen molar-refractivity contribution in [1.29, 1.82) is 0 Å². The lowest BCUT2D eigenvalue weighted by Crippen LogP contribution is -2.49. The van der Waals surface area contributed by atoms with E-state index in [0.29, 0.717) is 18.5 Å². The van der Waals surface area contributed by atoms with Gasteiger partial charge >= 0.3 is 0 Å². The van der Waals surface area contributed by atoms with Gasteiger partial charge in [-0.15, -0.1) is 0 Å². The van der Waals surface area contributed by atoms with Gasteiger partial charge in [0.2, 0.25) is 5.91 Å². The smallest absolute Gasteiger partial charge is 0.234 e. The highest BCUT2D eigenvalue weighted by Crippen LogP contribution is 2.12. The minimum absolute atomic E-state index is 0.174. The SMILES string of the molecule is CCCN(CC(=O)NC(C)C(C)C)C1CCNCC1. The summed E-state index contributed by atoms with van der Waals surface area (Å²) in [6.45, 7) is 12.3. The fourth-order valence-electron chi connectivity index (χ4n) is 2.50. The summed E-state index contributed by atoms with van der Waals surface area (Å²) in [5.41, 5.74) is 0. The van der Waals surface area contributed by atoms with Gasteiger partial charge in [-0.25, -0.2) is 0 Å². The quantitative estimate of drug-likeness (QED) is 0.738. The van der Waals surface area contributed by atoms with Crippen molar-refractivity contribution in [2.75, 3.05) is 26.2 Å². The number of amides is 1. The van der Waals surface area contributed by atoms with E-state index in [9.17, 15) is 4.79 Å². The summed E-state index contributed by atoms with van der Waals surface area (Å²) in [5.74, 6) is 0.663. The van der Waals surface area contributed by atoms with Gasteiger partial charge in [-0.2, -0.15) is 0 Å². The Morgan fingerprint density at radius 1 is 1.32 bits per heavy atom. The standard InChI is InChI=1S/C15H31N3O/c1-5-10-18(14-6-8-16-9-7-14)11-15(19)17-13(4)12(2)3/h12-14,16H,5-11H2,1-4H3,(H,17,19). The summed E-state index contributed by atoms with van der Waals surface area (Å²) in [6.07, 6.45) is 3.43. The zero-order chi connectivity index (χ0) is 14.3. The van der Waals surface area contributed by atoms with E-state index in [1.165, 1.54) is 0 Å². The van der Waals surface area contributed by atoms with Crippen LogP contribution in [-0.4, -0.2) is 49.1 Å². The van der Waals surface area contributed by atoms with E-state index in [1.807, 2.05) is 0 Å². The Bertz CT molecular complexity index is 262. The molecule has 4 heteroatoms. The maximum Gasteiger partial charge on any atom is 0.234 e. The summed E-state index contributed by atoms with van der Waals surface area (Å²) >= 11 is 0. The number of piperidine rings is 1. The highest BCUT2D eigenvalue weighted by atomic mass is 16.2. The number of hydrogen-bond donors (Lipinski definition) is 2. The summed E-state index contributed by atoms with van der Waals surface area (Å²) in [4.78, 5) is 14.5. The summed E-state index contributed by atoms with van der Waals surface area (Å²) in [6, 6.07) is 0.824. The van der Waals surface area contributed by atoms with Crippen LogP contribution in [0.15, 0.2) is 0 Å². The van der Waals surface area contributed by atoms with Crippen LogP contribution in [-0.2, 0) is 4.79 Å². The maximum atomic E-state index is 12.1. The maximum absolute atomic E-state index is 12.1. The first-order chi connectivity index (χ1) is 9.04. The molecule has 112 valence electrons. The number of carbonyl (C=O) groups excluding carboxylic acids is 1. The normalized spacial score (nSPS) is 18.8. The topological polar surface area (TPSA) is 44.4 Å². The zero-order valence-electron chi connectivity index (χ0n) is 13.0. The van der Waals surface area contributed by atoms with E-state index >= 15 is 0 Å². The molecule has 19 heavy (non-hydrogen) atoms. The molecule has 1 fully saturated rings. The fourth-order valence-corrected chi connectivity index (χ4v) is 2.50. The van der Waals surface area contributed by atoms with E-state index in [2.05, 4.69) is 43.2 Å². The lowest BCUT2D eigenvalue weighted by molar-refractivity contribution is -0.123. The molecule has 1 saturated heterocycles. The summed E-state index contributed by atoms with van der Waals surface area (Å²) < 4.78 is 0. The number of hydrogen-bond acceptors (Lipinski definition) is 3. The van der Waals surface area contributed by atoms with E-state index in [4.69, 9.17) is 0 Å². The molecule has 0 bridgehead atoms. The predicted octanol–water partition coefficient (Wildman–Crippen LogP) is 1.61. The monoisotopic (exact) mass is 269 g/mol. The Labute approximate surface area is 118 Å². The molecule has 0 aromatic rings. The van der Waals surface area contributed by atoms with Crippen LogP contribution in [0.3, 0.4) is 0 Å². The molecule has 0 saturated carbocycles. The average molecular weight is 269 g/mol. The van der Waals surface area contributed by atoms with Crippen molar-refractivity contribution < 1.29 is 4.79 Å². The second-order valence-electron chi connectivity index (χ2n) is 6.05. The molecule has 0 radical (unpaired) electrons. The largest absolute Gasteiger partial charge is 0.352 e. The minimum Gasteiger partial charge on any atom is -0.352 e. The van der Waals surface area contributed by atoms with Crippen LogP contribution in [0.5, 0.6) is 0 Å². The Morgan fingerprint density at radius 2 is 1.95 bits per heavy atom. The van der Waals surface area contributed by atoms with Crippen LogP contribution in [0.1, 0.15) is 47.0 Å². The number of nitrogens with zero attached hydrogens (tertiary/aromatic N) is 1. The second-order valence-corrected chi connectivity index (χ2v) is 6.05. The molecule has 1 atom stereocenters. The van der Waals surface area contributed by atoms with Gasteiger partial charge in [-0.3, -0.25) is 9.69 Å². The molecule has 1 heterocycles. The van der Waals surface area contributed by atoms with Crippen LogP contribution < -0.4 is 10.6 Å². The molecule has 0 spiro atoms. The molecule has 1 aliphatic rings. The lowest BCUT2D eigenvalue weighted by atomic mass is 10.0. The van der Waals surface area contributed by atoms with E-state index < -0.39 is 0 Å². The summed E-state index contributed by atoms with van der Waals surface area (Å²) in [7, 11) is 0. The Balaban J connectivity index is 2.45. The molecular weight excluding hydrogens is 238 g/mol. The van der Waals surface area contributed by atoms with Crippen molar-refractivity contribution in [2.45, 2.75) is 59.0 Å². The number of rotatable bonds is 7.